The number of carbonyl (C=O) groups excluding carboxylic acids is 1. The highest BCUT2D eigenvalue weighted by Crippen LogP contribution is 2.40. The van der Waals surface area contributed by atoms with Crippen molar-refractivity contribution in [2.45, 2.75) is 26.2 Å². The van der Waals surface area contributed by atoms with Gasteiger partial charge < -0.3 is 10.1 Å². The van der Waals surface area contributed by atoms with Gasteiger partial charge in [-0.05, 0) is 37.1 Å². The molecule has 1 amide bonds. The van der Waals surface area contributed by atoms with E-state index in [0.717, 1.165) is 33.7 Å². The zero-order chi connectivity index (χ0) is 22.2. The van der Waals surface area contributed by atoms with Crippen molar-refractivity contribution in [2.75, 3.05) is 12.4 Å². The van der Waals surface area contributed by atoms with Gasteiger partial charge in [-0.1, -0.05) is 36.4 Å². The molecule has 1 aliphatic heterocycles. The van der Waals surface area contributed by atoms with E-state index in [1.165, 1.54) is 0 Å². The van der Waals surface area contributed by atoms with Crippen molar-refractivity contribution < 1.29 is 9.53 Å². The SMILES string of the molecule is COc1cccc(-c2cnnc(-n3nc(C)c4c3NC(=O)CC4c3ccccc3C)n2)c1. The van der Waals surface area contributed by atoms with Crippen LogP contribution in [0.25, 0.3) is 17.2 Å². The first-order valence-corrected chi connectivity index (χ1v) is 10.3. The van der Waals surface area contributed by atoms with Gasteiger partial charge in [-0.15, -0.1) is 5.10 Å². The van der Waals surface area contributed by atoms with E-state index in [2.05, 4.69) is 44.7 Å². The highest BCUT2D eigenvalue weighted by molar-refractivity contribution is 5.95. The topological polar surface area (TPSA) is 94.8 Å². The van der Waals surface area contributed by atoms with Gasteiger partial charge in [0.05, 0.1) is 24.7 Å². The number of ether oxygens (including phenoxy) is 1. The molecule has 8 nitrogen and oxygen atoms in total. The molecule has 0 bridgehead atoms. The summed E-state index contributed by atoms with van der Waals surface area (Å²) in [4.78, 5) is 17.3. The third kappa shape index (κ3) is 3.39. The standard InChI is InChI=1S/C24H22N6O2/c1-14-7-4-5-10-18(14)19-12-21(31)27-23-22(19)15(2)29-30(23)24-26-20(13-25-28-24)16-8-6-9-17(11-16)32-3/h4-11,13,19H,12H2,1-3H3,(H,27,31). The van der Waals surface area contributed by atoms with Gasteiger partial charge in [0, 0.05) is 23.5 Å². The van der Waals surface area contributed by atoms with Gasteiger partial charge in [0.1, 0.15) is 11.6 Å². The molecule has 32 heavy (non-hydrogen) atoms. The minimum Gasteiger partial charge on any atom is -0.497 e. The number of fused-ring (bicyclic) bond motifs is 1. The zero-order valence-electron chi connectivity index (χ0n) is 18.0. The molecule has 0 aliphatic carbocycles. The molecule has 1 N–H and O–H groups in total. The molecular weight excluding hydrogens is 404 g/mol. The van der Waals surface area contributed by atoms with Gasteiger partial charge in [-0.25, -0.2) is 4.98 Å². The Morgan fingerprint density at radius 3 is 2.78 bits per heavy atom. The van der Waals surface area contributed by atoms with Crippen molar-refractivity contribution in [3.8, 4) is 23.0 Å². The fraction of sp³-hybridized carbons (Fsp3) is 0.208. The van der Waals surface area contributed by atoms with E-state index in [9.17, 15) is 4.79 Å². The van der Waals surface area contributed by atoms with Gasteiger partial charge >= 0.3 is 0 Å². The maximum Gasteiger partial charge on any atom is 0.272 e. The second-order valence-corrected chi connectivity index (χ2v) is 7.79. The first-order chi connectivity index (χ1) is 15.5. The van der Waals surface area contributed by atoms with E-state index in [0.29, 0.717) is 23.9 Å². The molecule has 0 spiro atoms. The number of nitrogens with one attached hydrogen (secondary N) is 1. The summed E-state index contributed by atoms with van der Waals surface area (Å²) in [5.41, 5.74) is 5.55. The number of rotatable bonds is 4. The number of nitrogens with zero attached hydrogens (tertiary/aromatic N) is 5. The van der Waals surface area contributed by atoms with E-state index in [-0.39, 0.29) is 11.8 Å². The highest BCUT2D eigenvalue weighted by Gasteiger charge is 2.33. The third-order valence-corrected chi connectivity index (χ3v) is 5.77. The van der Waals surface area contributed by atoms with E-state index < -0.39 is 0 Å². The van der Waals surface area contributed by atoms with E-state index >= 15 is 0 Å². The molecule has 0 fully saturated rings. The molecule has 3 heterocycles. The van der Waals surface area contributed by atoms with Crippen molar-refractivity contribution >= 4 is 11.7 Å². The zero-order valence-corrected chi connectivity index (χ0v) is 18.0. The Labute approximate surface area is 185 Å². The highest BCUT2D eigenvalue weighted by atomic mass is 16.5. The number of hydrogen-bond donors (Lipinski definition) is 1. The van der Waals surface area contributed by atoms with Gasteiger partial charge in [-0.2, -0.15) is 14.9 Å². The van der Waals surface area contributed by atoms with Crippen LogP contribution in [-0.2, 0) is 4.79 Å². The number of anilines is 1. The maximum absolute atomic E-state index is 12.7. The number of hydrogen-bond acceptors (Lipinski definition) is 6. The Hall–Kier alpha value is -4.07. The van der Waals surface area contributed by atoms with Crippen LogP contribution in [0.2, 0.25) is 0 Å². The van der Waals surface area contributed by atoms with Crippen molar-refractivity contribution in [1.82, 2.24) is 25.0 Å². The van der Waals surface area contributed by atoms with Crippen LogP contribution in [0.4, 0.5) is 5.82 Å². The number of aromatic nitrogens is 5. The predicted molar refractivity (Wildman–Crippen MR) is 120 cm³/mol. The van der Waals surface area contributed by atoms with E-state index in [1.807, 2.05) is 43.3 Å². The number of benzene rings is 2. The van der Waals surface area contributed by atoms with Crippen molar-refractivity contribution in [3.63, 3.8) is 0 Å². The summed E-state index contributed by atoms with van der Waals surface area (Å²) in [6.45, 7) is 4.00. The average Bonchev–Trinajstić information content (AvgIpc) is 3.15. The molecule has 0 saturated heterocycles. The molecule has 8 heteroatoms. The molecule has 2 aromatic carbocycles. The first-order valence-electron chi connectivity index (χ1n) is 10.3. The molecule has 0 saturated carbocycles. The normalized spacial score (nSPS) is 15.2. The van der Waals surface area contributed by atoms with Crippen LogP contribution in [0.5, 0.6) is 5.75 Å². The summed E-state index contributed by atoms with van der Waals surface area (Å²) in [6.07, 6.45) is 1.96. The molecule has 2 aromatic heterocycles. The second-order valence-electron chi connectivity index (χ2n) is 7.79. The third-order valence-electron chi connectivity index (χ3n) is 5.77. The maximum atomic E-state index is 12.7. The molecule has 0 radical (unpaired) electrons. The smallest absolute Gasteiger partial charge is 0.272 e. The number of methoxy groups -OCH3 is 1. The van der Waals surface area contributed by atoms with Gasteiger partial charge in [0.25, 0.3) is 5.95 Å². The Bertz CT molecular complexity index is 1330. The Morgan fingerprint density at radius 2 is 1.97 bits per heavy atom. The van der Waals surface area contributed by atoms with Crippen LogP contribution in [0.15, 0.2) is 54.7 Å². The van der Waals surface area contributed by atoms with Gasteiger partial charge in [0.2, 0.25) is 5.91 Å². The van der Waals surface area contributed by atoms with E-state index in [1.54, 1.807) is 18.0 Å². The van der Waals surface area contributed by atoms with Crippen LogP contribution < -0.4 is 10.1 Å². The minimum absolute atomic E-state index is 0.0659. The first kappa shape index (κ1) is 19.9. The Morgan fingerprint density at radius 1 is 1.12 bits per heavy atom. The van der Waals surface area contributed by atoms with Crippen LogP contribution in [-0.4, -0.2) is 38.0 Å². The van der Waals surface area contributed by atoms with Crippen molar-refractivity contribution in [3.05, 3.63) is 77.1 Å². The summed E-state index contributed by atoms with van der Waals surface area (Å²) in [6, 6.07) is 15.7. The molecule has 1 aliphatic rings. The molecule has 5 rings (SSSR count). The quantitative estimate of drug-likeness (QED) is 0.533. The lowest BCUT2D eigenvalue weighted by Crippen LogP contribution is -2.25. The lowest BCUT2D eigenvalue weighted by Gasteiger charge is -2.25. The summed E-state index contributed by atoms with van der Waals surface area (Å²) < 4.78 is 6.89. The summed E-state index contributed by atoms with van der Waals surface area (Å²) in [7, 11) is 1.62. The van der Waals surface area contributed by atoms with Crippen molar-refractivity contribution in [2.24, 2.45) is 0 Å². The Kier molecular flexibility index (Phi) is 4.89. The molecule has 1 unspecified atom stereocenters. The molecular formula is C24H22N6O2. The molecule has 4 aromatic rings. The summed E-state index contributed by atoms with van der Waals surface area (Å²) in [5.74, 6) is 1.47. The lowest BCUT2D eigenvalue weighted by atomic mass is 9.84. The number of carbonyl (C=O) groups is 1. The van der Waals surface area contributed by atoms with Crippen LogP contribution in [0, 0.1) is 13.8 Å². The lowest BCUT2D eigenvalue weighted by molar-refractivity contribution is -0.116. The predicted octanol–water partition coefficient (Wildman–Crippen LogP) is 3.82. The number of amides is 1. The van der Waals surface area contributed by atoms with Crippen molar-refractivity contribution in [1.29, 1.82) is 0 Å². The largest absolute Gasteiger partial charge is 0.497 e. The fourth-order valence-corrected chi connectivity index (χ4v) is 4.24. The molecule has 160 valence electrons. The Balaban J connectivity index is 1.62. The minimum atomic E-state index is -0.0803. The van der Waals surface area contributed by atoms with Crippen LogP contribution in [0.1, 0.15) is 34.7 Å². The monoisotopic (exact) mass is 426 g/mol. The second kappa shape index (κ2) is 7.88. The van der Waals surface area contributed by atoms with Gasteiger partial charge in [0.15, 0.2) is 0 Å². The van der Waals surface area contributed by atoms with Crippen LogP contribution >= 0.6 is 0 Å². The fourth-order valence-electron chi connectivity index (χ4n) is 4.24. The summed E-state index contributed by atoms with van der Waals surface area (Å²) >= 11 is 0. The van der Waals surface area contributed by atoms with Gasteiger partial charge in [-0.3, -0.25) is 4.79 Å². The van der Waals surface area contributed by atoms with Crippen LogP contribution in [0.3, 0.4) is 0 Å². The molecule has 1 atom stereocenters. The number of aryl methyl sites for hydroxylation is 2. The van der Waals surface area contributed by atoms with E-state index in [4.69, 9.17) is 4.74 Å². The summed E-state index contributed by atoms with van der Waals surface area (Å²) in [5, 5.41) is 16.0. The average molecular weight is 426 g/mol.